The Morgan fingerprint density at radius 3 is 2.57 bits per heavy atom. The van der Waals surface area contributed by atoms with Crippen molar-refractivity contribution >= 4 is 0 Å². The minimum atomic E-state index is 0.124. The van der Waals surface area contributed by atoms with Crippen LogP contribution in [-0.4, -0.2) is 16.6 Å². The Labute approximate surface area is 129 Å². The first-order valence-electron chi connectivity index (χ1n) is 8.10. The van der Waals surface area contributed by atoms with Crippen molar-refractivity contribution in [2.45, 2.75) is 78.5 Å². The molecule has 21 heavy (non-hydrogen) atoms. The summed E-state index contributed by atoms with van der Waals surface area (Å²) < 4.78 is 6.08. The standard InChI is InChI=1S/C18H30N2O/c1-17(2,3)20-13-14-8-11-19-16(12-14)21-15-6-9-18(4,5)10-7-15/h8,11-12,15,20H,6-7,9-10,13H2,1-5H3. The van der Waals surface area contributed by atoms with Gasteiger partial charge in [0.25, 0.3) is 0 Å². The number of hydrogen-bond donors (Lipinski definition) is 1. The van der Waals surface area contributed by atoms with Crippen molar-refractivity contribution in [3.63, 3.8) is 0 Å². The van der Waals surface area contributed by atoms with E-state index >= 15 is 0 Å². The van der Waals surface area contributed by atoms with Crippen LogP contribution in [-0.2, 0) is 6.54 Å². The fraction of sp³-hybridized carbons (Fsp3) is 0.722. The third-order valence-corrected chi connectivity index (χ3v) is 4.20. The van der Waals surface area contributed by atoms with Gasteiger partial charge in [-0.15, -0.1) is 0 Å². The number of nitrogens with zero attached hydrogens (tertiary/aromatic N) is 1. The van der Waals surface area contributed by atoms with Gasteiger partial charge in [-0.05, 0) is 63.5 Å². The Morgan fingerprint density at radius 1 is 1.29 bits per heavy atom. The van der Waals surface area contributed by atoms with Crippen molar-refractivity contribution in [1.82, 2.24) is 10.3 Å². The summed E-state index contributed by atoms with van der Waals surface area (Å²) in [5.41, 5.74) is 1.83. The summed E-state index contributed by atoms with van der Waals surface area (Å²) in [6.07, 6.45) is 6.93. The van der Waals surface area contributed by atoms with Crippen molar-refractivity contribution in [3.05, 3.63) is 23.9 Å². The molecule has 0 unspecified atom stereocenters. The summed E-state index contributed by atoms with van der Waals surface area (Å²) in [4.78, 5) is 4.36. The van der Waals surface area contributed by atoms with Gasteiger partial charge >= 0.3 is 0 Å². The molecule has 1 heterocycles. The molecule has 2 rings (SSSR count). The molecule has 1 aromatic rings. The first-order chi connectivity index (χ1) is 9.73. The Balaban J connectivity index is 1.89. The van der Waals surface area contributed by atoms with E-state index in [9.17, 15) is 0 Å². The molecular weight excluding hydrogens is 260 g/mol. The second-order valence-electron chi connectivity index (χ2n) is 8.09. The Morgan fingerprint density at radius 2 is 1.95 bits per heavy atom. The van der Waals surface area contributed by atoms with Gasteiger partial charge in [-0.1, -0.05) is 13.8 Å². The van der Waals surface area contributed by atoms with Crippen LogP contribution in [0.5, 0.6) is 5.88 Å². The molecule has 0 amide bonds. The molecule has 0 saturated heterocycles. The van der Waals surface area contributed by atoms with Crippen LogP contribution in [0.25, 0.3) is 0 Å². The fourth-order valence-corrected chi connectivity index (χ4v) is 2.65. The van der Waals surface area contributed by atoms with Gasteiger partial charge in [0.1, 0.15) is 6.10 Å². The van der Waals surface area contributed by atoms with E-state index in [0.717, 1.165) is 25.3 Å². The van der Waals surface area contributed by atoms with Crippen LogP contribution in [0.4, 0.5) is 0 Å². The lowest BCUT2D eigenvalue weighted by molar-refractivity contribution is 0.0948. The number of aromatic nitrogens is 1. The highest BCUT2D eigenvalue weighted by molar-refractivity contribution is 5.20. The molecule has 0 aliphatic heterocycles. The van der Waals surface area contributed by atoms with Crippen LogP contribution in [0, 0.1) is 5.41 Å². The topological polar surface area (TPSA) is 34.1 Å². The zero-order valence-corrected chi connectivity index (χ0v) is 14.2. The SMILES string of the molecule is CC1(C)CCC(Oc2cc(CNC(C)(C)C)ccn2)CC1. The average molecular weight is 290 g/mol. The largest absolute Gasteiger partial charge is 0.474 e. The Hall–Kier alpha value is -1.09. The van der Waals surface area contributed by atoms with E-state index in [1.54, 1.807) is 0 Å². The zero-order valence-electron chi connectivity index (χ0n) is 14.2. The quantitative estimate of drug-likeness (QED) is 0.897. The summed E-state index contributed by atoms with van der Waals surface area (Å²) in [7, 11) is 0. The molecular formula is C18H30N2O. The lowest BCUT2D eigenvalue weighted by atomic mass is 9.76. The van der Waals surface area contributed by atoms with E-state index in [-0.39, 0.29) is 5.54 Å². The van der Waals surface area contributed by atoms with E-state index in [4.69, 9.17) is 4.74 Å². The molecule has 1 aliphatic rings. The van der Waals surface area contributed by atoms with Gasteiger partial charge in [0.2, 0.25) is 5.88 Å². The fourth-order valence-electron chi connectivity index (χ4n) is 2.65. The van der Waals surface area contributed by atoms with E-state index in [0.29, 0.717) is 11.5 Å². The van der Waals surface area contributed by atoms with Crippen molar-refractivity contribution in [3.8, 4) is 5.88 Å². The second-order valence-corrected chi connectivity index (χ2v) is 8.09. The predicted molar refractivity (Wildman–Crippen MR) is 87.5 cm³/mol. The van der Waals surface area contributed by atoms with Crippen LogP contribution >= 0.6 is 0 Å². The number of nitrogens with one attached hydrogen (secondary N) is 1. The normalized spacial score (nSPS) is 19.5. The lowest BCUT2D eigenvalue weighted by Crippen LogP contribution is -2.35. The highest BCUT2D eigenvalue weighted by atomic mass is 16.5. The van der Waals surface area contributed by atoms with Gasteiger partial charge in [0, 0.05) is 24.3 Å². The summed E-state index contributed by atoms with van der Waals surface area (Å²) in [5, 5.41) is 3.50. The van der Waals surface area contributed by atoms with Gasteiger partial charge in [-0.2, -0.15) is 0 Å². The molecule has 0 spiro atoms. The van der Waals surface area contributed by atoms with Gasteiger partial charge in [0.05, 0.1) is 0 Å². The van der Waals surface area contributed by atoms with E-state index in [1.807, 2.05) is 6.20 Å². The summed E-state index contributed by atoms with van der Waals surface area (Å²) in [6, 6.07) is 4.12. The maximum atomic E-state index is 6.08. The molecule has 1 aliphatic carbocycles. The molecule has 0 aromatic carbocycles. The molecule has 1 fully saturated rings. The maximum Gasteiger partial charge on any atom is 0.213 e. The predicted octanol–water partition coefficient (Wildman–Crippen LogP) is 4.32. The minimum Gasteiger partial charge on any atom is -0.474 e. The summed E-state index contributed by atoms with van der Waals surface area (Å²) in [6.45, 7) is 12.1. The van der Waals surface area contributed by atoms with Crippen molar-refractivity contribution < 1.29 is 4.74 Å². The van der Waals surface area contributed by atoms with Gasteiger partial charge in [0.15, 0.2) is 0 Å². The molecule has 1 N–H and O–H groups in total. The molecule has 0 atom stereocenters. The highest BCUT2D eigenvalue weighted by Crippen LogP contribution is 2.36. The van der Waals surface area contributed by atoms with Crippen LogP contribution in [0.3, 0.4) is 0 Å². The molecule has 118 valence electrons. The Bertz CT molecular complexity index is 453. The molecule has 0 bridgehead atoms. The number of ether oxygens (including phenoxy) is 1. The van der Waals surface area contributed by atoms with Crippen LogP contribution in [0.15, 0.2) is 18.3 Å². The minimum absolute atomic E-state index is 0.124. The number of rotatable bonds is 4. The van der Waals surface area contributed by atoms with E-state index in [2.05, 4.69) is 57.1 Å². The van der Waals surface area contributed by atoms with Crippen LogP contribution < -0.4 is 10.1 Å². The molecule has 3 heteroatoms. The maximum absolute atomic E-state index is 6.08. The van der Waals surface area contributed by atoms with Gasteiger partial charge < -0.3 is 10.1 Å². The van der Waals surface area contributed by atoms with Crippen LogP contribution in [0.1, 0.15) is 65.9 Å². The first-order valence-corrected chi connectivity index (χ1v) is 8.10. The van der Waals surface area contributed by atoms with E-state index in [1.165, 1.54) is 18.4 Å². The lowest BCUT2D eigenvalue weighted by Gasteiger charge is -2.34. The first kappa shape index (κ1) is 16.3. The van der Waals surface area contributed by atoms with Crippen molar-refractivity contribution in [2.24, 2.45) is 5.41 Å². The second kappa shape index (κ2) is 6.35. The third kappa shape index (κ3) is 5.66. The van der Waals surface area contributed by atoms with Crippen LogP contribution in [0.2, 0.25) is 0 Å². The summed E-state index contributed by atoms with van der Waals surface area (Å²) in [5.74, 6) is 0.771. The molecule has 1 aromatic heterocycles. The molecule has 3 nitrogen and oxygen atoms in total. The third-order valence-electron chi connectivity index (χ3n) is 4.20. The van der Waals surface area contributed by atoms with Crippen molar-refractivity contribution in [2.75, 3.05) is 0 Å². The smallest absolute Gasteiger partial charge is 0.213 e. The number of hydrogen-bond acceptors (Lipinski definition) is 3. The monoisotopic (exact) mass is 290 g/mol. The summed E-state index contributed by atoms with van der Waals surface area (Å²) >= 11 is 0. The molecule has 0 radical (unpaired) electrons. The average Bonchev–Trinajstić information content (AvgIpc) is 2.39. The van der Waals surface area contributed by atoms with E-state index < -0.39 is 0 Å². The zero-order chi connectivity index (χ0) is 15.5. The highest BCUT2D eigenvalue weighted by Gasteiger charge is 2.28. The van der Waals surface area contributed by atoms with Gasteiger partial charge in [-0.25, -0.2) is 4.98 Å². The number of pyridine rings is 1. The van der Waals surface area contributed by atoms with Crippen molar-refractivity contribution in [1.29, 1.82) is 0 Å². The van der Waals surface area contributed by atoms with Gasteiger partial charge in [-0.3, -0.25) is 0 Å². The Kier molecular flexibility index (Phi) is 4.92. The molecule has 1 saturated carbocycles.